The molecule has 0 unspecified atom stereocenters. The van der Waals surface area contributed by atoms with Crippen LogP contribution in [0.4, 0.5) is 0 Å². The van der Waals surface area contributed by atoms with E-state index in [4.69, 9.17) is 0 Å². The quantitative estimate of drug-likeness (QED) is 0.372. The van der Waals surface area contributed by atoms with Crippen molar-refractivity contribution in [1.82, 2.24) is 0 Å². The maximum atomic E-state index is 2.10. The monoisotopic (exact) mass is 376 g/mol. The van der Waals surface area contributed by atoms with Gasteiger partial charge in [-0.15, -0.1) is 0 Å². The van der Waals surface area contributed by atoms with Gasteiger partial charge in [0, 0.05) is 21.7 Å². The summed E-state index contributed by atoms with van der Waals surface area (Å²) < 4.78 is 0. The number of hydrogen-bond acceptors (Lipinski definition) is 0. The van der Waals surface area contributed by atoms with E-state index in [2.05, 4.69) is 22.3 Å². The van der Waals surface area contributed by atoms with Crippen molar-refractivity contribution in [2.75, 3.05) is 0 Å². The summed E-state index contributed by atoms with van der Waals surface area (Å²) in [5.41, 5.74) is 11.1. The van der Waals surface area contributed by atoms with Crippen molar-refractivity contribution >= 4 is 0 Å². The minimum absolute atomic E-state index is 0.670. The van der Waals surface area contributed by atoms with E-state index in [9.17, 15) is 0 Å². The molecule has 7 rings (SSSR count). The number of hydrogen-bond donors (Lipinski definition) is 0. The fourth-order valence-electron chi connectivity index (χ4n) is 11.6. The van der Waals surface area contributed by atoms with E-state index < -0.39 is 0 Å². The third-order valence-corrected chi connectivity index (χ3v) is 11.6. The zero-order valence-corrected chi connectivity index (χ0v) is 18.1. The zero-order chi connectivity index (χ0) is 18.5. The van der Waals surface area contributed by atoms with Gasteiger partial charge in [0.25, 0.3) is 0 Å². The van der Waals surface area contributed by atoms with Crippen molar-refractivity contribution in [1.29, 1.82) is 0 Å². The van der Waals surface area contributed by atoms with Crippen LogP contribution in [0.5, 0.6) is 0 Å². The molecular weight excluding hydrogens is 336 g/mol. The summed E-state index contributed by atoms with van der Waals surface area (Å²) in [5.74, 6) is 0. The van der Waals surface area contributed by atoms with Crippen molar-refractivity contribution in [3.8, 4) is 0 Å². The Balaban J connectivity index is 1.52. The number of allylic oxidation sites excluding steroid dienone is 4. The molecule has 7 aliphatic rings. The molecule has 0 aliphatic heterocycles. The van der Waals surface area contributed by atoms with Crippen LogP contribution in [0.2, 0.25) is 0 Å². The summed E-state index contributed by atoms with van der Waals surface area (Å²) in [5, 5.41) is 0. The lowest BCUT2D eigenvalue weighted by atomic mass is 9.08. The third-order valence-electron chi connectivity index (χ3n) is 11.6. The van der Waals surface area contributed by atoms with Crippen LogP contribution in [0.1, 0.15) is 128 Å². The van der Waals surface area contributed by atoms with E-state index in [-0.39, 0.29) is 0 Å². The Morgan fingerprint density at radius 3 is 0.857 bits per heavy atom. The van der Waals surface area contributed by atoms with Crippen LogP contribution in [0.15, 0.2) is 22.3 Å². The topological polar surface area (TPSA) is 0 Å². The first-order valence-electron chi connectivity index (χ1n) is 13.3. The van der Waals surface area contributed by atoms with Crippen LogP contribution >= 0.6 is 0 Å². The summed E-state index contributed by atoms with van der Waals surface area (Å²) in [6.07, 6.45) is 30.6. The molecule has 0 heterocycles. The Hall–Kier alpha value is -0.520. The van der Waals surface area contributed by atoms with Crippen molar-refractivity contribution in [2.45, 2.75) is 128 Å². The Labute approximate surface area is 172 Å². The van der Waals surface area contributed by atoms with Gasteiger partial charge < -0.3 is 0 Å². The van der Waals surface area contributed by atoms with Gasteiger partial charge in [-0.2, -0.15) is 0 Å². The smallest absolute Gasteiger partial charge is 0.0120 e. The fraction of sp³-hybridized carbons (Fsp3) is 0.857. The van der Waals surface area contributed by atoms with Gasteiger partial charge in [0.15, 0.2) is 0 Å². The largest absolute Gasteiger partial charge is 0.0624 e. The second-order valence-electron chi connectivity index (χ2n) is 11.8. The van der Waals surface area contributed by atoms with Crippen LogP contribution in [0.25, 0.3) is 0 Å². The van der Waals surface area contributed by atoms with Gasteiger partial charge >= 0.3 is 0 Å². The van der Waals surface area contributed by atoms with E-state index in [1.165, 1.54) is 77.0 Å². The fourth-order valence-corrected chi connectivity index (χ4v) is 11.6. The summed E-state index contributed by atoms with van der Waals surface area (Å²) in [4.78, 5) is 0. The lowest BCUT2D eigenvalue weighted by Gasteiger charge is -2.94. The molecule has 0 heteroatoms. The Bertz CT molecular complexity index is 688. The maximum Gasteiger partial charge on any atom is 0.0120 e. The van der Waals surface area contributed by atoms with Crippen LogP contribution in [0, 0.1) is 21.7 Å². The highest BCUT2D eigenvalue weighted by molar-refractivity contribution is 5.70. The highest BCUT2D eigenvalue weighted by atomic mass is 15.0. The first kappa shape index (κ1) is 17.2. The lowest BCUT2D eigenvalue weighted by molar-refractivity contribution is -0.334. The summed E-state index contributed by atoms with van der Waals surface area (Å²) in [6, 6.07) is 0. The van der Waals surface area contributed by atoms with Gasteiger partial charge in [-0.05, 0) is 77.0 Å². The van der Waals surface area contributed by atoms with E-state index in [1.807, 2.05) is 0 Å². The molecule has 0 N–H and O–H groups in total. The van der Waals surface area contributed by atoms with Crippen molar-refractivity contribution in [3.05, 3.63) is 22.3 Å². The molecule has 28 heavy (non-hydrogen) atoms. The second kappa shape index (κ2) is 5.59. The van der Waals surface area contributed by atoms with Gasteiger partial charge in [-0.3, -0.25) is 0 Å². The Morgan fingerprint density at radius 1 is 0.286 bits per heavy atom. The molecule has 0 radical (unpaired) electrons. The highest BCUT2D eigenvalue weighted by Gasteiger charge is 2.95. The molecule has 0 amide bonds. The Kier molecular flexibility index (Phi) is 3.43. The highest BCUT2D eigenvalue weighted by Crippen LogP contribution is 3.01. The summed E-state index contributed by atoms with van der Waals surface area (Å²) in [7, 11) is 0. The van der Waals surface area contributed by atoms with Crippen molar-refractivity contribution in [2.24, 2.45) is 21.7 Å². The second-order valence-corrected chi connectivity index (χ2v) is 11.8. The van der Waals surface area contributed by atoms with Crippen LogP contribution in [0.3, 0.4) is 0 Å². The van der Waals surface area contributed by atoms with Crippen LogP contribution < -0.4 is 0 Å². The average molecular weight is 377 g/mol. The molecule has 7 aliphatic carbocycles. The summed E-state index contributed by atoms with van der Waals surface area (Å²) in [6.45, 7) is 0. The molecule has 0 nitrogen and oxygen atoms in total. The van der Waals surface area contributed by atoms with E-state index in [0.29, 0.717) is 21.7 Å². The molecule has 0 bridgehead atoms. The van der Waals surface area contributed by atoms with Crippen LogP contribution in [-0.4, -0.2) is 0 Å². The predicted octanol–water partition coefficient (Wildman–Crippen LogP) is 8.42. The van der Waals surface area contributed by atoms with E-state index in [0.717, 1.165) is 0 Å². The molecule has 4 saturated carbocycles. The SMILES string of the molecule is C1CCC2=C(CC1)C13CCCCCC21C12CCCCCC1=C1CCCCCC123. The van der Waals surface area contributed by atoms with Gasteiger partial charge in [0.05, 0.1) is 0 Å². The standard InChI is InChI=1S/C28H40/c1-5-13-21-22(14-6-1)28-20-12-4-11-19-27(21,28)25-17-9-2-7-15-23(25)24-16-8-3-10-18-26(24,25)28/h1-20H2. The van der Waals surface area contributed by atoms with Gasteiger partial charge in [0.1, 0.15) is 0 Å². The number of rotatable bonds is 0. The molecule has 0 aromatic rings. The minimum atomic E-state index is 0.670. The van der Waals surface area contributed by atoms with Gasteiger partial charge in [0.2, 0.25) is 0 Å². The third kappa shape index (κ3) is 1.43. The van der Waals surface area contributed by atoms with Gasteiger partial charge in [-0.25, -0.2) is 0 Å². The van der Waals surface area contributed by atoms with Crippen molar-refractivity contribution in [3.63, 3.8) is 0 Å². The normalized spacial score (nSPS) is 49.7. The van der Waals surface area contributed by atoms with E-state index >= 15 is 0 Å². The molecule has 152 valence electrons. The minimum Gasteiger partial charge on any atom is -0.0624 e. The lowest BCUT2D eigenvalue weighted by Crippen LogP contribution is -2.88. The first-order valence-corrected chi connectivity index (χ1v) is 13.3. The molecule has 0 aromatic heterocycles. The molecule has 4 fully saturated rings. The average Bonchev–Trinajstić information content (AvgIpc) is 3.17. The molecule has 0 aromatic carbocycles. The molecule has 0 saturated heterocycles. The van der Waals surface area contributed by atoms with Crippen LogP contribution in [-0.2, 0) is 0 Å². The molecule has 0 atom stereocenters. The molecule has 2 spiro atoms. The van der Waals surface area contributed by atoms with Gasteiger partial charge in [-0.1, -0.05) is 73.7 Å². The predicted molar refractivity (Wildman–Crippen MR) is 116 cm³/mol. The Morgan fingerprint density at radius 2 is 0.536 bits per heavy atom. The maximum absolute atomic E-state index is 2.10. The van der Waals surface area contributed by atoms with Crippen molar-refractivity contribution < 1.29 is 0 Å². The first-order chi connectivity index (χ1) is 13.9. The molecular formula is C28H40. The zero-order valence-electron chi connectivity index (χ0n) is 18.1. The van der Waals surface area contributed by atoms with E-state index in [1.54, 1.807) is 51.4 Å². The summed E-state index contributed by atoms with van der Waals surface area (Å²) >= 11 is 0.